The van der Waals surface area contributed by atoms with Crippen LogP contribution in [0.4, 0.5) is 5.69 Å². The topological polar surface area (TPSA) is 71.4 Å². The van der Waals surface area contributed by atoms with Gasteiger partial charge in [-0.15, -0.1) is 0 Å². The zero-order valence-electron chi connectivity index (χ0n) is 15.4. The molecule has 0 unspecified atom stereocenters. The molecule has 0 aliphatic carbocycles. The molecule has 0 saturated carbocycles. The Kier molecular flexibility index (Phi) is 5.20. The Morgan fingerprint density at radius 1 is 1.12 bits per heavy atom. The maximum atomic E-state index is 12.8. The van der Waals surface area contributed by atoms with E-state index in [2.05, 4.69) is 5.32 Å². The van der Waals surface area contributed by atoms with Crippen molar-refractivity contribution in [2.75, 3.05) is 18.4 Å². The van der Waals surface area contributed by atoms with Gasteiger partial charge in [-0.2, -0.15) is 4.31 Å². The van der Waals surface area contributed by atoms with E-state index in [1.54, 1.807) is 11.6 Å². The van der Waals surface area contributed by atoms with Crippen LogP contribution in [0.15, 0.2) is 35.4 Å². The van der Waals surface area contributed by atoms with E-state index in [0.29, 0.717) is 18.8 Å². The van der Waals surface area contributed by atoms with E-state index in [0.717, 1.165) is 36.1 Å². The normalized spacial score (nSPS) is 15.8. The molecular formula is C19H25N3O3S. The molecule has 2 aromatic rings. The van der Waals surface area contributed by atoms with Crippen LogP contribution in [0.3, 0.4) is 0 Å². The lowest BCUT2D eigenvalue weighted by Gasteiger charge is -2.25. The fraction of sp³-hybridized carbons (Fsp3) is 0.421. The molecule has 1 amide bonds. The van der Waals surface area contributed by atoms with Crippen molar-refractivity contribution in [3.05, 3.63) is 47.3 Å². The average molecular weight is 375 g/mol. The number of nitrogens with zero attached hydrogens (tertiary/aromatic N) is 2. The summed E-state index contributed by atoms with van der Waals surface area (Å²) in [5.74, 6) is -0.318. The zero-order valence-corrected chi connectivity index (χ0v) is 16.3. The van der Waals surface area contributed by atoms with Gasteiger partial charge in [-0.05, 0) is 49.9 Å². The molecule has 0 atom stereocenters. The monoisotopic (exact) mass is 375 g/mol. The van der Waals surface area contributed by atoms with Crippen LogP contribution in [0.2, 0.25) is 0 Å². The smallest absolute Gasteiger partial charge is 0.272 e. The maximum Gasteiger partial charge on any atom is 0.272 e. The van der Waals surface area contributed by atoms with Gasteiger partial charge < -0.3 is 9.88 Å². The van der Waals surface area contributed by atoms with Gasteiger partial charge in [-0.1, -0.05) is 18.6 Å². The third-order valence-electron chi connectivity index (χ3n) is 5.02. The van der Waals surface area contributed by atoms with Crippen LogP contribution < -0.4 is 5.32 Å². The van der Waals surface area contributed by atoms with E-state index in [4.69, 9.17) is 0 Å². The number of sulfonamides is 1. The lowest BCUT2D eigenvalue weighted by molar-refractivity contribution is 0.101. The second-order valence-corrected chi connectivity index (χ2v) is 8.78. The lowest BCUT2D eigenvalue weighted by atomic mass is 10.1. The van der Waals surface area contributed by atoms with E-state index in [1.165, 1.54) is 16.6 Å². The van der Waals surface area contributed by atoms with Crippen molar-refractivity contribution < 1.29 is 13.2 Å². The molecular weight excluding hydrogens is 350 g/mol. The Morgan fingerprint density at radius 2 is 1.81 bits per heavy atom. The van der Waals surface area contributed by atoms with Crippen molar-refractivity contribution in [2.45, 2.75) is 38.0 Å². The summed E-state index contributed by atoms with van der Waals surface area (Å²) < 4.78 is 28.7. The minimum absolute atomic E-state index is 0.174. The number of anilines is 1. The quantitative estimate of drug-likeness (QED) is 0.893. The zero-order chi connectivity index (χ0) is 18.9. The summed E-state index contributed by atoms with van der Waals surface area (Å²) in [5.41, 5.74) is 3.14. The predicted octanol–water partition coefficient (Wildman–Crippen LogP) is 3.07. The molecule has 140 valence electrons. The van der Waals surface area contributed by atoms with Crippen molar-refractivity contribution in [3.8, 4) is 0 Å². The molecule has 0 bridgehead atoms. The summed E-state index contributed by atoms with van der Waals surface area (Å²) in [4.78, 5) is 12.8. The molecule has 1 aliphatic rings. The molecule has 7 heteroatoms. The first-order chi connectivity index (χ1) is 12.3. The highest BCUT2D eigenvalue weighted by molar-refractivity contribution is 7.89. The summed E-state index contributed by atoms with van der Waals surface area (Å²) >= 11 is 0. The number of carbonyl (C=O) groups excluding carboxylic acids is 1. The SMILES string of the molecule is Cc1cccc(NC(=O)c2cc(S(=O)(=O)N3CCCCC3)cn2C)c1C. The first-order valence-electron chi connectivity index (χ1n) is 8.85. The molecule has 3 rings (SSSR count). The van der Waals surface area contributed by atoms with E-state index < -0.39 is 10.0 Å². The highest BCUT2D eigenvalue weighted by Crippen LogP contribution is 2.24. The second kappa shape index (κ2) is 7.25. The Hall–Kier alpha value is -2.12. The van der Waals surface area contributed by atoms with Crippen LogP contribution in [0, 0.1) is 13.8 Å². The minimum atomic E-state index is -3.55. The summed E-state index contributed by atoms with van der Waals surface area (Å²) in [5, 5.41) is 2.88. The van der Waals surface area contributed by atoms with Crippen molar-refractivity contribution in [1.29, 1.82) is 0 Å². The fourth-order valence-electron chi connectivity index (χ4n) is 3.23. The molecule has 1 aromatic carbocycles. The van der Waals surface area contributed by atoms with Gasteiger partial charge in [0.25, 0.3) is 5.91 Å². The Morgan fingerprint density at radius 3 is 2.50 bits per heavy atom. The minimum Gasteiger partial charge on any atom is -0.345 e. The third kappa shape index (κ3) is 3.54. The molecule has 2 heterocycles. The number of piperidine rings is 1. The third-order valence-corrected chi connectivity index (χ3v) is 6.88. The van der Waals surface area contributed by atoms with E-state index in [-0.39, 0.29) is 10.8 Å². The lowest BCUT2D eigenvalue weighted by Crippen LogP contribution is -2.35. The number of aryl methyl sites for hydroxylation is 2. The number of rotatable bonds is 4. The summed E-state index contributed by atoms with van der Waals surface area (Å²) in [6, 6.07) is 7.17. The van der Waals surface area contributed by atoms with Gasteiger partial charge in [0.05, 0.1) is 0 Å². The van der Waals surface area contributed by atoms with Crippen LogP contribution in [0.1, 0.15) is 40.9 Å². The van der Waals surface area contributed by atoms with Crippen molar-refractivity contribution in [1.82, 2.24) is 8.87 Å². The number of nitrogens with one attached hydrogen (secondary N) is 1. The molecule has 26 heavy (non-hydrogen) atoms. The average Bonchev–Trinajstić information content (AvgIpc) is 3.02. The fourth-order valence-corrected chi connectivity index (χ4v) is 4.82. The largest absolute Gasteiger partial charge is 0.345 e. The van der Waals surface area contributed by atoms with Gasteiger partial charge in [-0.3, -0.25) is 4.79 Å². The number of hydrogen-bond acceptors (Lipinski definition) is 3. The number of carbonyl (C=O) groups is 1. The highest BCUT2D eigenvalue weighted by atomic mass is 32.2. The second-order valence-electron chi connectivity index (χ2n) is 6.84. The number of hydrogen-bond donors (Lipinski definition) is 1. The van der Waals surface area contributed by atoms with Gasteiger partial charge >= 0.3 is 0 Å². The number of amides is 1. The van der Waals surface area contributed by atoms with Gasteiger partial charge in [0.2, 0.25) is 10.0 Å². The first kappa shape index (κ1) is 18.7. The van der Waals surface area contributed by atoms with Gasteiger partial charge in [0, 0.05) is 32.0 Å². The summed E-state index contributed by atoms with van der Waals surface area (Å²) in [6.07, 6.45) is 4.34. The Balaban J connectivity index is 1.85. The maximum absolute atomic E-state index is 12.8. The summed E-state index contributed by atoms with van der Waals surface area (Å²) in [7, 11) is -1.86. The molecule has 1 aliphatic heterocycles. The molecule has 0 spiro atoms. The van der Waals surface area contributed by atoms with Gasteiger partial charge in [0.1, 0.15) is 10.6 Å². The molecule has 0 radical (unpaired) electrons. The van der Waals surface area contributed by atoms with Gasteiger partial charge in [0.15, 0.2) is 0 Å². The summed E-state index contributed by atoms with van der Waals surface area (Å²) in [6.45, 7) is 5.02. The number of benzene rings is 1. The van der Waals surface area contributed by atoms with E-state index in [9.17, 15) is 13.2 Å². The van der Waals surface area contributed by atoms with Crippen LogP contribution in [-0.4, -0.2) is 36.3 Å². The highest BCUT2D eigenvalue weighted by Gasteiger charge is 2.28. The molecule has 1 aromatic heterocycles. The van der Waals surface area contributed by atoms with Crippen LogP contribution >= 0.6 is 0 Å². The van der Waals surface area contributed by atoms with Crippen LogP contribution in [0.25, 0.3) is 0 Å². The molecule has 1 N–H and O–H groups in total. The van der Waals surface area contributed by atoms with Crippen LogP contribution in [0.5, 0.6) is 0 Å². The van der Waals surface area contributed by atoms with E-state index >= 15 is 0 Å². The van der Waals surface area contributed by atoms with Gasteiger partial charge in [-0.25, -0.2) is 8.42 Å². The van der Waals surface area contributed by atoms with E-state index in [1.807, 2.05) is 32.0 Å². The Labute approximate surface area is 154 Å². The Bertz CT molecular complexity index is 926. The van der Waals surface area contributed by atoms with Crippen molar-refractivity contribution in [2.24, 2.45) is 7.05 Å². The standard InChI is InChI=1S/C19H25N3O3S/c1-14-8-7-9-17(15(14)2)20-19(23)18-12-16(13-21(18)3)26(24,25)22-10-5-4-6-11-22/h7-9,12-13H,4-6,10-11H2,1-3H3,(H,20,23). The molecule has 6 nitrogen and oxygen atoms in total. The molecule has 1 saturated heterocycles. The first-order valence-corrected chi connectivity index (χ1v) is 10.3. The van der Waals surface area contributed by atoms with Crippen molar-refractivity contribution in [3.63, 3.8) is 0 Å². The predicted molar refractivity (Wildman–Crippen MR) is 102 cm³/mol. The number of aromatic nitrogens is 1. The van der Waals surface area contributed by atoms with Crippen LogP contribution in [-0.2, 0) is 17.1 Å². The van der Waals surface area contributed by atoms with Crippen molar-refractivity contribution >= 4 is 21.6 Å². The molecule has 1 fully saturated rings.